The van der Waals surface area contributed by atoms with Gasteiger partial charge in [-0.25, -0.2) is 4.79 Å². The number of nitrogens with one attached hydrogen (secondary N) is 2. The SMILES string of the molecule is CNCCCC(=O)Nc1ccc(C(=O)OC)c(Cl)c1.Cl. The fraction of sp³-hybridized carbons (Fsp3) is 0.385. The maximum Gasteiger partial charge on any atom is 0.339 e. The highest BCUT2D eigenvalue weighted by molar-refractivity contribution is 6.33. The Morgan fingerprint density at radius 3 is 2.60 bits per heavy atom. The Morgan fingerprint density at radius 2 is 2.05 bits per heavy atom. The summed E-state index contributed by atoms with van der Waals surface area (Å²) < 4.78 is 4.59. The Balaban J connectivity index is 0.00000361. The van der Waals surface area contributed by atoms with Crippen LogP contribution in [0, 0.1) is 0 Å². The lowest BCUT2D eigenvalue weighted by Crippen LogP contribution is -2.15. The summed E-state index contributed by atoms with van der Waals surface area (Å²) in [6.07, 6.45) is 1.19. The predicted octanol–water partition coefficient (Wildman–Crippen LogP) is 2.49. The van der Waals surface area contributed by atoms with Crippen LogP contribution in [0.5, 0.6) is 0 Å². The number of benzene rings is 1. The average Bonchev–Trinajstić information content (AvgIpc) is 2.38. The van der Waals surface area contributed by atoms with Crippen LogP contribution < -0.4 is 10.6 Å². The van der Waals surface area contributed by atoms with Crippen LogP contribution in [-0.4, -0.2) is 32.6 Å². The number of rotatable bonds is 6. The molecule has 112 valence electrons. The monoisotopic (exact) mass is 320 g/mol. The van der Waals surface area contributed by atoms with Crippen molar-refractivity contribution in [3.05, 3.63) is 28.8 Å². The van der Waals surface area contributed by atoms with Crippen LogP contribution in [0.4, 0.5) is 5.69 Å². The first-order valence-electron chi connectivity index (χ1n) is 5.90. The minimum atomic E-state index is -0.503. The molecule has 1 amide bonds. The molecule has 0 atom stereocenters. The Kier molecular flexibility index (Phi) is 8.96. The molecule has 20 heavy (non-hydrogen) atoms. The number of hydrogen-bond donors (Lipinski definition) is 2. The van der Waals surface area contributed by atoms with Crippen molar-refractivity contribution < 1.29 is 14.3 Å². The summed E-state index contributed by atoms with van der Waals surface area (Å²) in [5.41, 5.74) is 0.837. The molecule has 0 spiro atoms. The Morgan fingerprint density at radius 1 is 1.35 bits per heavy atom. The molecule has 0 unspecified atom stereocenters. The molecule has 0 heterocycles. The van der Waals surface area contributed by atoms with Gasteiger partial charge in [-0.15, -0.1) is 12.4 Å². The third kappa shape index (κ3) is 5.77. The second-order valence-electron chi connectivity index (χ2n) is 3.94. The van der Waals surface area contributed by atoms with E-state index in [-0.39, 0.29) is 28.9 Å². The predicted molar refractivity (Wildman–Crippen MR) is 81.8 cm³/mol. The number of amides is 1. The van der Waals surface area contributed by atoms with Gasteiger partial charge in [-0.3, -0.25) is 4.79 Å². The fourth-order valence-electron chi connectivity index (χ4n) is 1.52. The number of ether oxygens (including phenoxy) is 1. The number of carbonyl (C=O) groups is 2. The quantitative estimate of drug-likeness (QED) is 0.624. The first kappa shape index (κ1) is 18.7. The van der Waals surface area contributed by atoms with Crippen molar-refractivity contribution >= 4 is 41.6 Å². The Hall–Kier alpha value is -1.30. The summed E-state index contributed by atoms with van der Waals surface area (Å²) in [6, 6.07) is 4.68. The van der Waals surface area contributed by atoms with Crippen molar-refractivity contribution in [1.29, 1.82) is 0 Å². The molecule has 0 aliphatic rings. The number of hydrogen-bond acceptors (Lipinski definition) is 4. The van der Waals surface area contributed by atoms with Crippen LogP contribution in [-0.2, 0) is 9.53 Å². The second-order valence-corrected chi connectivity index (χ2v) is 4.35. The maximum atomic E-state index is 11.6. The van der Waals surface area contributed by atoms with Gasteiger partial charge in [0.25, 0.3) is 0 Å². The summed E-state index contributed by atoms with van der Waals surface area (Å²) >= 11 is 5.95. The number of esters is 1. The van der Waals surface area contributed by atoms with Crippen molar-refractivity contribution in [1.82, 2.24) is 5.32 Å². The topological polar surface area (TPSA) is 67.4 Å². The van der Waals surface area contributed by atoms with Gasteiger partial charge < -0.3 is 15.4 Å². The maximum absolute atomic E-state index is 11.6. The van der Waals surface area contributed by atoms with E-state index in [9.17, 15) is 9.59 Å². The molecule has 0 saturated heterocycles. The molecule has 0 radical (unpaired) electrons. The van der Waals surface area contributed by atoms with Crippen LogP contribution in [0.3, 0.4) is 0 Å². The van der Waals surface area contributed by atoms with Crippen LogP contribution in [0.25, 0.3) is 0 Å². The molecule has 0 saturated carbocycles. The van der Waals surface area contributed by atoms with E-state index in [1.165, 1.54) is 19.2 Å². The molecule has 1 rings (SSSR count). The van der Waals surface area contributed by atoms with Gasteiger partial charge in [0.05, 0.1) is 17.7 Å². The Bertz CT molecular complexity index is 467. The minimum Gasteiger partial charge on any atom is -0.465 e. The standard InChI is InChI=1S/C13H17ClN2O3.ClH/c1-15-7-3-4-12(17)16-9-5-6-10(11(14)8-9)13(18)19-2;/h5-6,8,15H,3-4,7H2,1-2H3,(H,16,17);1H. The lowest BCUT2D eigenvalue weighted by molar-refractivity contribution is -0.116. The van der Waals surface area contributed by atoms with Crippen molar-refractivity contribution in [2.75, 3.05) is 26.0 Å². The Labute approximate surface area is 129 Å². The second kappa shape index (κ2) is 9.58. The molecule has 1 aromatic rings. The summed E-state index contributed by atoms with van der Waals surface area (Å²) in [5.74, 6) is -0.589. The van der Waals surface area contributed by atoms with E-state index in [2.05, 4.69) is 15.4 Å². The average molecular weight is 321 g/mol. The highest BCUT2D eigenvalue weighted by atomic mass is 35.5. The number of halogens is 2. The van der Waals surface area contributed by atoms with E-state index in [0.717, 1.165) is 13.0 Å². The van der Waals surface area contributed by atoms with E-state index in [4.69, 9.17) is 11.6 Å². The molecule has 0 aliphatic carbocycles. The normalized spacial score (nSPS) is 9.55. The zero-order valence-corrected chi connectivity index (χ0v) is 12.9. The zero-order valence-electron chi connectivity index (χ0n) is 11.4. The summed E-state index contributed by atoms with van der Waals surface area (Å²) in [5, 5.41) is 5.94. The first-order valence-corrected chi connectivity index (χ1v) is 6.28. The lowest BCUT2D eigenvalue weighted by atomic mass is 10.2. The van der Waals surface area contributed by atoms with Crippen LogP contribution in [0.1, 0.15) is 23.2 Å². The first-order chi connectivity index (χ1) is 9.08. The van der Waals surface area contributed by atoms with Gasteiger partial charge in [-0.1, -0.05) is 11.6 Å². The molecule has 0 bridgehead atoms. The van der Waals surface area contributed by atoms with Crippen molar-refractivity contribution in [2.24, 2.45) is 0 Å². The summed E-state index contributed by atoms with van der Waals surface area (Å²) in [4.78, 5) is 22.9. The summed E-state index contributed by atoms with van der Waals surface area (Å²) in [6.45, 7) is 0.787. The van der Waals surface area contributed by atoms with Gasteiger partial charge >= 0.3 is 5.97 Å². The van der Waals surface area contributed by atoms with E-state index in [0.29, 0.717) is 12.1 Å². The molecule has 0 aromatic heterocycles. The van der Waals surface area contributed by atoms with E-state index in [1.54, 1.807) is 6.07 Å². The highest BCUT2D eigenvalue weighted by Gasteiger charge is 2.11. The van der Waals surface area contributed by atoms with Gasteiger partial charge in [0, 0.05) is 12.1 Å². The van der Waals surface area contributed by atoms with Crippen molar-refractivity contribution in [3.63, 3.8) is 0 Å². The van der Waals surface area contributed by atoms with Gasteiger partial charge in [0.1, 0.15) is 0 Å². The molecule has 7 heteroatoms. The zero-order chi connectivity index (χ0) is 14.3. The molecule has 2 N–H and O–H groups in total. The van der Waals surface area contributed by atoms with Crippen LogP contribution >= 0.6 is 24.0 Å². The highest BCUT2D eigenvalue weighted by Crippen LogP contribution is 2.21. The van der Waals surface area contributed by atoms with Crippen LogP contribution in [0.15, 0.2) is 18.2 Å². The molecular weight excluding hydrogens is 303 g/mol. The van der Waals surface area contributed by atoms with E-state index >= 15 is 0 Å². The van der Waals surface area contributed by atoms with Crippen molar-refractivity contribution in [2.45, 2.75) is 12.8 Å². The third-order valence-corrected chi connectivity index (χ3v) is 2.80. The molecular formula is C13H18Cl2N2O3. The third-order valence-electron chi connectivity index (χ3n) is 2.49. The smallest absolute Gasteiger partial charge is 0.339 e. The lowest BCUT2D eigenvalue weighted by Gasteiger charge is -2.07. The summed E-state index contributed by atoms with van der Waals surface area (Å²) in [7, 11) is 3.12. The fourth-order valence-corrected chi connectivity index (χ4v) is 1.78. The number of methoxy groups -OCH3 is 1. The number of anilines is 1. The van der Waals surface area contributed by atoms with E-state index < -0.39 is 5.97 Å². The van der Waals surface area contributed by atoms with Crippen LogP contribution in [0.2, 0.25) is 5.02 Å². The van der Waals surface area contributed by atoms with Gasteiger partial charge in [0.2, 0.25) is 5.91 Å². The molecule has 0 fully saturated rings. The molecule has 0 aliphatic heterocycles. The largest absolute Gasteiger partial charge is 0.465 e. The molecule has 5 nitrogen and oxygen atoms in total. The van der Waals surface area contributed by atoms with Crippen molar-refractivity contribution in [3.8, 4) is 0 Å². The molecule has 1 aromatic carbocycles. The van der Waals surface area contributed by atoms with Gasteiger partial charge in [-0.2, -0.15) is 0 Å². The number of carbonyl (C=O) groups excluding carboxylic acids is 2. The van der Waals surface area contributed by atoms with Gasteiger partial charge in [-0.05, 0) is 38.2 Å². The van der Waals surface area contributed by atoms with E-state index in [1.807, 2.05) is 7.05 Å². The minimum absolute atomic E-state index is 0. The van der Waals surface area contributed by atoms with Gasteiger partial charge in [0.15, 0.2) is 0 Å².